The highest BCUT2D eigenvalue weighted by Crippen LogP contribution is 2.45. The fourth-order valence-corrected chi connectivity index (χ4v) is 1.77. The van der Waals surface area contributed by atoms with Crippen LogP contribution in [0.4, 0.5) is 0 Å². The van der Waals surface area contributed by atoms with Gasteiger partial charge in [-0.3, -0.25) is 0 Å². The van der Waals surface area contributed by atoms with E-state index >= 15 is 0 Å². The van der Waals surface area contributed by atoms with Crippen molar-refractivity contribution in [2.75, 3.05) is 6.79 Å². The Bertz CT molecular complexity index is 454. The smallest absolute Gasteiger partial charge is 0.235 e. The fraction of sp³-hybridized carbons (Fsp3) is 0.222. The van der Waals surface area contributed by atoms with E-state index in [1.54, 1.807) is 6.07 Å². The first-order chi connectivity index (χ1) is 7.24. The van der Waals surface area contributed by atoms with Crippen molar-refractivity contribution in [1.29, 1.82) is 0 Å². The number of aliphatic imine (C=N–C) groups is 1. The lowest BCUT2D eigenvalue weighted by atomic mass is 10.1. The Morgan fingerprint density at radius 1 is 1.60 bits per heavy atom. The van der Waals surface area contributed by atoms with Gasteiger partial charge in [0.05, 0.1) is 16.6 Å². The largest absolute Gasteiger partial charge is 0.506 e. The number of benzene rings is 1. The van der Waals surface area contributed by atoms with E-state index in [2.05, 4.69) is 20.9 Å². The number of nitrogens with zero attached hydrogens (tertiary/aromatic N) is 1. The summed E-state index contributed by atoms with van der Waals surface area (Å²) in [5.74, 6) is 0.948. The van der Waals surface area contributed by atoms with Crippen LogP contribution in [0.2, 0.25) is 0 Å². The van der Waals surface area contributed by atoms with Crippen LogP contribution in [0.3, 0.4) is 0 Å². The van der Waals surface area contributed by atoms with Gasteiger partial charge in [-0.2, -0.15) is 0 Å². The van der Waals surface area contributed by atoms with E-state index in [0.717, 1.165) is 0 Å². The van der Waals surface area contributed by atoms with E-state index in [9.17, 15) is 9.90 Å². The highest BCUT2D eigenvalue weighted by Gasteiger charge is 2.23. The summed E-state index contributed by atoms with van der Waals surface area (Å²) in [6.45, 7) is 0.115. The van der Waals surface area contributed by atoms with Crippen LogP contribution >= 0.6 is 15.9 Å². The molecular weight excluding hydrogens is 266 g/mol. The summed E-state index contributed by atoms with van der Waals surface area (Å²) >= 11 is 3.17. The van der Waals surface area contributed by atoms with Gasteiger partial charge in [0.2, 0.25) is 12.9 Å². The maximum atomic E-state index is 10.0. The first-order valence-electron chi connectivity index (χ1n) is 4.07. The van der Waals surface area contributed by atoms with Gasteiger partial charge in [0.25, 0.3) is 0 Å². The molecule has 1 aromatic rings. The zero-order valence-corrected chi connectivity index (χ0v) is 9.07. The van der Waals surface area contributed by atoms with E-state index in [1.807, 2.05) is 0 Å². The number of phenolic OH excluding ortho intramolecular Hbond substituents is 1. The molecule has 0 spiro atoms. The van der Waals surface area contributed by atoms with Gasteiger partial charge >= 0.3 is 0 Å². The molecule has 0 aromatic heterocycles. The number of aromatic hydroxyl groups is 1. The molecule has 78 valence electrons. The first kappa shape index (κ1) is 10.0. The number of phenols is 1. The van der Waals surface area contributed by atoms with Gasteiger partial charge in [-0.25, -0.2) is 9.79 Å². The second-order valence-corrected chi connectivity index (χ2v) is 3.68. The molecule has 0 bridgehead atoms. The molecule has 0 aliphatic carbocycles. The van der Waals surface area contributed by atoms with Crippen molar-refractivity contribution in [1.82, 2.24) is 0 Å². The minimum Gasteiger partial charge on any atom is -0.506 e. The Hall–Kier alpha value is -1.52. The number of hydrogen-bond acceptors (Lipinski definition) is 5. The maximum Gasteiger partial charge on any atom is 0.235 e. The van der Waals surface area contributed by atoms with Crippen LogP contribution in [0.15, 0.2) is 15.5 Å². The number of isocyanates is 1. The van der Waals surface area contributed by atoms with E-state index in [0.29, 0.717) is 21.5 Å². The second-order valence-electron chi connectivity index (χ2n) is 2.83. The average Bonchev–Trinajstić information content (AvgIpc) is 2.66. The van der Waals surface area contributed by atoms with Gasteiger partial charge < -0.3 is 14.6 Å². The molecule has 6 heteroatoms. The molecule has 0 atom stereocenters. The molecule has 1 N–H and O–H groups in total. The summed E-state index contributed by atoms with van der Waals surface area (Å²) in [6.07, 6.45) is 1.41. The van der Waals surface area contributed by atoms with Crippen LogP contribution in [-0.4, -0.2) is 18.0 Å². The minimum atomic E-state index is -0.00162. The third-order valence-electron chi connectivity index (χ3n) is 1.99. The highest BCUT2D eigenvalue weighted by atomic mass is 79.9. The quantitative estimate of drug-likeness (QED) is 0.657. The normalized spacial score (nSPS) is 12.3. The molecule has 1 heterocycles. The Labute approximate surface area is 93.5 Å². The molecule has 0 saturated heterocycles. The van der Waals surface area contributed by atoms with Crippen LogP contribution in [-0.2, 0) is 11.3 Å². The molecule has 0 amide bonds. The number of carbonyl (C=O) groups excluding carboxylic acids is 1. The summed E-state index contributed by atoms with van der Waals surface area (Å²) in [4.78, 5) is 13.4. The van der Waals surface area contributed by atoms with Crippen LogP contribution in [0.1, 0.15) is 5.56 Å². The lowest BCUT2D eigenvalue weighted by Gasteiger charge is -2.06. The van der Waals surface area contributed by atoms with Gasteiger partial charge in [0.1, 0.15) is 5.75 Å². The van der Waals surface area contributed by atoms with Crippen molar-refractivity contribution in [3.63, 3.8) is 0 Å². The lowest BCUT2D eigenvalue weighted by molar-refractivity contribution is 0.173. The molecule has 15 heavy (non-hydrogen) atoms. The highest BCUT2D eigenvalue weighted by molar-refractivity contribution is 9.10. The first-order valence-corrected chi connectivity index (χ1v) is 4.87. The summed E-state index contributed by atoms with van der Waals surface area (Å²) in [5, 5.41) is 9.72. The molecule has 0 fully saturated rings. The molecule has 1 aliphatic heterocycles. The Balaban J connectivity index is 2.54. The summed E-state index contributed by atoms with van der Waals surface area (Å²) < 4.78 is 10.8. The Morgan fingerprint density at radius 2 is 2.40 bits per heavy atom. The Kier molecular flexibility index (Phi) is 2.62. The molecule has 0 unspecified atom stereocenters. The molecule has 2 rings (SSSR count). The summed E-state index contributed by atoms with van der Waals surface area (Å²) in [7, 11) is 0. The van der Waals surface area contributed by atoms with E-state index in [-0.39, 0.29) is 19.1 Å². The lowest BCUT2D eigenvalue weighted by Crippen LogP contribution is -1.94. The van der Waals surface area contributed by atoms with Gasteiger partial charge in [0, 0.05) is 6.07 Å². The molecule has 1 aromatic carbocycles. The standard InChI is InChI=1S/C9H6BrNO4/c10-6-1-7-9(15-4-14-7)5(8(6)13)2-11-3-12/h1,13H,2,4H2. The van der Waals surface area contributed by atoms with Gasteiger partial charge in [-0.05, 0) is 15.9 Å². The Morgan fingerprint density at radius 3 is 3.13 bits per heavy atom. The van der Waals surface area contributed by atoms with Crippen LogP contribution < -0.4 is 9.47 Å². The number of rotatable bonds is 2. The molecule has 5 nitrogen and oxygen atoms in total. The topological polar surface area (TPSA) is 68.1 Å². The third kappa shape index (κ3) is 1.69. The molecule has 1 aliphatic rings. The number of hydrogen-bond donors (Lipinski definition) is 1. The number of halogens is 1. The van der Waals surface area contributed by atoms with Gasteiger partial charge in [-0.15, -0.1) is 0 Å². The average molecular weight is 272 g/mol. The maximum absolute atomic E-state index is 10.0. The van der Waals surface area contributed by atoms with Crippen molar-refractivity contribution in [3.05, 3.63) is 16.1 Å². The second kappa shape index (κ2) is 3.92. The van der Waals surface area contributed by atoms with E-state index in [4.69, 9.17) is 9.47 Å². The monoisotopic (exact) mass is 271 g/mol. The van der Waals surface area contributed by atoms with Crippen LogP contribution in [0.25, 0.3) is 0 Å². The predicted octanol–water partition coefficient (Wildman–Crippen LogP) is 1.72. The van der Waals surface area contributed by atoms with Crippen molar-refractivity contribution in [3.8, 4) is 17.2 Å². The van der Waals surface area contributed by atoms with E-state index < -0.39 is 0 Å². The number of ether oxygens (including phenoxy) is 2. The summed E-state index contributed by atoms with van der Waals surface area (Å²) in [6, 6.07) is 1.60. The molecule has 0 saturated carbocycles. The van der Waals surface area contributed by atoms with Crippen molar-refractivity contribution >= 4 is 22.0 Å². The van der Waals surface area contributed by atoms with Crippen LogP contribution in [0, 0.1) is 0 Å². The minimum absolute atomic E-state index is 0.00162. The molecular formula is C9H6BrNO4. The van der Waals surface area contributed by atoms with Gasteiger partial charge in [-0.1, -0.05) is 0 Å². The SMILES string of the molecule is O=C=NCc1c(O)c(Br)cc2c1OCO2. The van der Waals surface area contributed by atoms with E-state index in [1.165, 1.54) is 6.08 Å². The summed E-state index contributed by atoms with van der Waals surface area (Å²) in [5.41, 5.74) is 0.417. The van der Waals surface area contributed by atoms with Crippen molar-refractivity contribution in [2.24, 2.45) is 4.99 Å². The zero-order chi connectivity index (χ0) is 10.8. The van der Waals surface area contributed by atoms with Crippen LogP contribution in [0.5, 0.6) is 17.2 Å². The predicted molar refractivity (Wildman–Crippen MR) is 53.8 cm³/mol. The van der Waals surface area contributed by atoms with Gasteiger partial charge in [0.15, 0.2) is 11.5 Å². The molecule has 0 radical (unpaired) electrons. The number of fused-ring (bicyclic) bond motifs is 1. The van der Waals surface area contributed by atoms with Crippen molar-refractivity contribution in [2.45, 2.75) is 6.54 Å². The zero-order valence-electron chi connectivity index (χ0n) is 7.49. The van der Waals surface area contributed by atoms with Crippen molar-refractivity contribution < 1.29 is 19.4 Å². The third-order valence-corrected chi connectivity index (χ3v) is 2.59. The fourth-order valence-electron chi connectivity index (χ4n) is 1.32.